The lowest BCUT2D eigenvalue weighted by Gasteiger charge is -2.17. The maximum atomic E-state index is 12.7. The van der Waals surface area contributed by atoms with Crippen LogP contribution in [0.15, 0.2) is 47.4 Å². The highest BCUT2D eigenvalue weighted by atomic mass is 32.2. The predicted octanol–water partition coefficient (Wildman–Crippen LogP) is 0.855. The summed E-state index contributed by atoms with van der Waals surface area (Å²) in [6, 6.07) is 12.5. The first-order valence-corrected chi connectivity index (χ1v) is 9.81. The van der Waals surface area contributed by atoms with E-state index in [0.29, 0.717) is 0 Å². The zero-order valence-electron chi connectivity index (χ0n) is 14.4. The van der Waals surface area contributed by atoms with Crippen LogP contribution in [0.25, 0.3) is 10.8 Å². The summed E-state index contributed by atoms with van der Waals surface area (Å²) in [4.78, 5) is 23.6. The minimum Gasteiger partial charge on any atom is -0.352 e. The molecule has 1 aliphatic rings. The lowest BCUT2D eigenvalue weighted by molar-refractivity contribution is -0.126. The Morgan fingerprint density at radius 2 is 1.77 bits per heavy atom. The molecule has 2 N–H and O–H groups in total. The van der Waals surface area contributed by atoms with Crippen LogP contribution in [0.3, 0.4) is 0 Å². The lowest BCUT2D eigenvalue weighted by Crippen LogP contribution is -2.43. The van der Waals surface area contributed by atoms with Crippen LogP contribution in [0.5, 0.6) is 0 Å². The van der Waals surface area contributed by atoms with Crippen LogP contribution in [0.2, 0.25) is 0 Å². The number of sulfonamides is 1. The minimum absolute atomic E-state index is 0.123. The van der Waals surface area contributed by atoms with Crippen LogP contribution in [-0.4, -0.2) is 50.7 Å². The van der Waals surface area contributed by atoms with Crippen molar-refractivity contribution < 1.29 is 18.0 Å². The highest BCUT2D eigenvalue weighted by Gasteiger charge is 2.25. The molecule has 1 aliphatic carbocycles. The van der Waals surface area contributed by atoms with Crippen molar-refractivity contribution in [2.45, 2.75) is 23.8 Å². The van der Waals surface area contributed by atoms with Gasteiger partial charge < -0.3 is 10.6 Å². The Balaban J connectivity index is 1.61. The van der Waals surface area contributed by atoms with Crippen LogP contribution in [-0.2, 0) is 19.6 Å². The molecule has 7 nitrogen and oxygen atoms in total. The summed E-state index contributed by atoms with van der Waals surface area (Å²) in [5, 5.41) is 6.94. The molecule has 26 heavy (non-hydrogen) atoms. The van der Waals surface area contributed by atoms with E-state index in [-0.39, 0.29) is 29.9 Å². The van der Waals surface area contributed by atoms with Crippen molar-refractivity contribution in [1.82, 2.24) is 14.9 Å². The van der Waals surface area contributed by atoms with Crippen molar-refractivity contribution in [2.75, 3.05) is 20.1 Å². The third-order valence-electron chi connectivity index (χ3n) is 4.18. The number of rotatable bonds is 7. The van der Waals surface area contributed by atoms with E-state index in [1.807, 2.05) is 24.3 Å². The third-order valence-corrected chi connectivity index (χ3v) is 5.98. The SMILES string of the molecule is CN(CC(=O)NCC(=O)NC1CC1)S(=O)(=O)c1ccc2ccccc2c1. The number of amides is 2. The number of hydrogen-bond acceptors (Lipinski definition) is 4. The molecule has 1 fully saturated rings. The molecule has 2 amide bonds. The first-order chi connectivity index (χ1) is 12.4. The van der Waals surface area contributed by atoms with E-state index < -0.39 is 15.9 Å². The number of fused-ring (bicyclic) bond motifs is 1. The predicted molar refractivity (Wildman–Crippen MR) is 97.9 cm³/mol. The van der Waals surface area contributed by atoms with Crippen LogP contribution in [0.4, 0.5) is 0 Å². The summed E-state index contributed by atoms with van der Waals surface area (Å²) in [5.41, 5.74) is 0. The summed E-state index contributed by atoms with van der Waals surface area (Å²) in [6.45, 7) is -0.509. The zero-order chi connectivity index (χ0) is 18.7. The van der Waals surface area contributed by atoms with Gasteiger partial charge in [0, 0.05) is 13.1 Å². The fourth-order valence-electron chi connectivity index (χ4n) is 2.54. The Labute approximate surface area is 152 Å². The van der Waals surface area contributed by atoms with Gasteiger partial charge in [-0.3, -0.25) is 9.59 Å². The molecule has 0 atom stereocenters. The molecule has 0 heterocycles. The Hall–Kier alpha value is -2.45. The molecule has 0 radical (unpaired) electrons. The number of carbonyl (C=O) groups is 2. The molecule has 0 bridgehead atoms. The normalized spacial score (nSPS) is 14.4. The number of hydrogen-bond donors (Lipinski definition) is 2. The van der Waals surface area contributed by atoms with Gasteiger partial charge in [-0.1, -0.05) is 30.3 Å². The van der Waals surface area contributed by atoms with Gasteiger partial charge in [-0.2, -0.15) is 4.31 Å². The standard InChI is InChI=1S/C18H21N3O4S/c1-21(12-18(23)19-11-17(22)20-15-7-8-15)26(24,25)16-9-6-13-4-2-3-5-14(13)10-16/h2-6,9-10,15H,7-8,11-12H2,1H3,(H,19,23)(H,20,22). The van der Waals surface area contributed by atoms with Crippen LogP contribution in [0, 0.1) is 0 Å². The van der Waals surface area contributed by atoms with E-state index in [4.69, 9.17) is 0 Å². The summed E-state index contributed by atoms with van der Waals surface area (Å²) in [7, 11) is -2.46. The smallest absolute Gasteiger partial charge is 0.243 e. The monoisotopic (exact) mass is 375 g/mol. The van der Waals surface area contributed by atoms with Gasteiger partial charge in [-0.25, -0.2) is 8.42 Å². The van der Waals surface area contributed by atoms with Crippen molar-refractivity contribution >= 4 is 32.6 Å². The van der Waals surface area contributed by atoms with E-state index in [0.717, 1.165) is 27.9 Å². The quantitative estimate of drug-likeness (QED) is 0.750. The van der Waals surface area contributed by atoms with Crippen molar-refractivity contribution in [3.05, 3.63) is 42.5 Å². The van der Waals surface area contributed by atoms with Gasteiger partial charge in [-0.05, 0) is 35.7 Å². The van der Waals surface area contributed by atoms with Crippen molar-refractivity contribution in [2.24, 2.45) is 0 Å². The topological polar surface area (TPSA) is 95.6 Å². The average Bonchev–Trinajstić information content (AvgIpc) is 3.43. The van der Waals surface area contributed by atoms with Crippen molar-refractivity contribution in [1.29, 1.82) is 0 Å². The molecule has 0 unspecified atom stereocenters. The van der Waals surface area contributed by atoms with Crippen LogP contribution < -0.4 is 10.6 Å². The number of benzene rings is 2. The third kappa shape index (κ3) is 4.39. The summed E-state index contributed by atoms with van der Waals surface area (Å²) in [5.74, 6) is -0.788. The maximum Gasteiger partial charge on any atom is 0.243 e. The molecule has 8 heteroatoms. The molecule has 0 spiro atoms. The van der Waals surface area contributed by atoms with Gasteiger partial charge in [0.25, 0.3) is 0 Å². The fourth-order valence-corrected chi connectivity index (χ4v) is 3.70. The molecule has 3 rings (SSSR count). The second-order valence-corrected chi connectivity index (χ2v) is 8.43. The molecule has 0 saturated heterocycles. The molecule has 0 aliphatic heterocycles. The van der Waals surface area contributed by atoms with Crippen LogP contribution in [0.1, 0.15) is 12.8 Å². The molecular formula is C18H21N3O4S. The second kappa shape index (κ2) is 7.43. The number of likely N-dealkylation sites (N-methyl/N-ethyl adjacent to an activating group) is 1. The van der Waals surface area contributed by atoms with Gasteiger partial charge >= 0.3 is 0 Å². The maximum absolute atomic E-state index is 12.7. The van der Waals surface area contributed by atoms with Gasteiger partial charge in [0.1, 0.15) is 0 Å². The lowest BCUT2D eigenvalue weighted by atomic mass is 10.1. The Bertz CT molecular complexity index is 938. The number of nitrogens with zero attached hydrogens (tertiary/aromatic N) is 1. The van der Waals surface area contributed by atoms with E-state index >= 15 is 0 Å². The summed E-state index contributed by atoms with van der Waals surface area (Å²) >= 11 is 0. The largest absolute Gasteiger partial charge is 0.352 e. The van der Waals surface area contributed by atoms with Crippen molar-refractivity contribution in [3.63, 3.8) is 0 Å². The minimum atomic E-state index is -3.80. The van der Waals surface area contributed by atoms with Crippen molar-refractivity contribution in [3.8, 4) is 0 Å². The number of carbonyl (C=O) groups excluding carboxylic acids is 2. The van der Waals surface area contributed by atoms with Gasteiger partial charge in [-0.15, -0.1) is 0 Å². The zero-order valence-corrected chi connectivity index (χ0v) is 15.3. The first-order valence-electron chi connectivity index (χ1n) is 8.37. The summed E-state index contributed by atoms with van der Waals surface area (Å²) in [6.07, 6.45) is 1.93. The Morgan fingerprint density at radius 1 is 1.08 bits per heavy atom. The average molecular weight is 375 g/mol. The van der Waals surface area contributed by atoms with Crippen LogP contribution >= 0.6 is 0 Å². The highest BCUT2D eigenvalue weighted by Crippen LogP contribution is 2.21. The van der Waals surface area contributed by atoms with E-state index in [2.05, 4.69) is 10.6 Å². The van der Waals surface area contributed by atoms with E-state index in [1.165, 1.54) is 13.1 Å². The molecular weight excluding hydrogens is 354 g/mol. The summed E-state index contributed by atoms with van der Waals surface area (Å²) < 4.78 is 26.3. The second-order valence-electron chi connectivity index (χ2n) is 6.39. The number of nitrogens with one attached hydrogen (secondary N) is 2. The Kier molecular flexibility index (Phi) is 5.24. The Morgan fingerprint density at radius 3 is 2.46 bits per heavy atom. The molecule has 2 aromatic carbocycles. The van der Waals surface area contributed by atoms with Gasteiger partial charge in [0.2, 0.25) is 21.8 Å². The molecule has 2 aromatic rings. The first kappa shape index (κ1) is 18.3. The molecule has 1 saturated carbocycles. The van der Waals surface area contributed by atoms with Gasteiger partial charge in [0.15, 0.2) is 0 Å². The molecule has 138 valence electrons. The highest BCUT2D eigenvalue weighted by molar-refractivity contribution is 7.89. The fraction of sp³-hybridized carbons (Fsp3) is 0.333. The van der Waals surface area contributed by atoms with Gasteiger partial charge in [0.05, 0.1) is 18.0 Å². The van der Waals surface area contributed by atoms with E-state index in [1.54, 1.807) is 12.1 Å². The molecule has 0 aromatic heterocycles. The van der Waals surface area contributed by atoms with E-state index in [9.17, 15) is 18.0 Å².